The zero-order chi connectivity index (χ0) is 17.9. The van der Waals surface area contributed by atoms with Crippen molar-refractivity contribution in [1.82, 2.24) is 4.90 Å². The second-order valence-corrected chi connectivity index (χ2v) is 6.43. The molecule has 0 spiro atoms. The van der Waals surface area contributed by atoms with E-state index in [1.807, 2.05) is 12.1 Å². The molecule has 0 aromatic heterocycles. The van der Waals surface area contributed by atoms with Crippen LogP contribution in [0.15, 0.2) is 60.7 Å². The van der Waals surface area contributed by atoms with E-state index in [-0.39, 0.29) is 5.97 Å². The number of benzene rings is 2. The first-order valence-corrected chi connectivity index (χ1v) is 9.11. The average molecular weight is 339 g/mol. The van der Waals surface area contributed by atoms with Crippen LogP contribution in [0.5, 0.6) is 0 Å². The fraction of sp³-hybridized carbons (Fsp3) is 0.409. The molecule has 1 unspecified atom stereocenters. The molecule has 134 valence electrons. The summed E-state index contributed by atoms with van der Waals surface area (Å²) in [5.41, 5.74) is 2.61. The fourth-order valence-corrected chi connectivity index (χ4v) is 3.18. The third-order valence-electron chi connectivity index (χ3n) is 4.50. The second kappa shape index (κ2) is 10.7. The normalized spacial score (nSPS) is 12.1. The molecule has 0 heterocycles. The molecule has 0 N–H and O–H groups in total. The number of rotatable bonds is 10. The van der Waals surface area contributed by atoms with Gasteiger partial charge in [-0.15, -0.1) is 0 Å². The molecule has 2 aromatic carbocycles. The molecular formula is C22H29NO2. The fourth-order valence-electron chi connectivity index (χ4n) is 3.18. The monoisotopic (exact) mass is 339 g/mol. The standard InChI is InChI=1S/C22H29NO2/c1-3-10-21(15-16-22(24)25-2)23(17-19-11-6-4-7-12-19)18-20-13-8-5-9-14-20/h4-9,11-14,21H,3,10,15-18H2,1-2H3. The number of nitrogens with zero attached hydrogens (tertiary/aromatic N) is 1. The minimum atomic E-state index is -0.125. The van der Waals surface area contributed by atoms with E-state index in [0.29, 0.717) is 12.5 Å². The van der Waals surface area contributed by atoms with E-state index in [0.717, 1.165) is 32.4 Å². The van der Waals surface area contributed by atoms with Gasteiger partial charge in [0, 0.05) is 25.6 Å². The molecule has 0 amide bonds. The van der Waals surface area contributed by atoms with E-state index in [1.165, 1.54) is 18.2 Å². The van der Waals surface area contributed by atoms with Crippen LogP contribution in [-0.4, -0.2) is 24.0 Å². The Morgan fingerprint density at radius 3 is 1.88 bits per heavy atom. The Bertz CT molecular complexity index is 571. The Labute approximate surface area is 151 Å². The van der Waals surface area contributed by atoms with Crippen molar-refractivity contribution in [3.8, 4) is 0 Å². The van der Waals surface area contributed by atoms with E-state index in [1.54, 1.807) is 0 Å². The van der Waals surface area contributed by atoms with Gasteiger partial charge in [-0.25, -0.2) is 0 Å². The number of carbonyl (C=O) groups excluding carboxylic acids is 1. The van der Waals surface area contributed by atoms with Crippen molar-refractivity contribution >= 4 is 5.97 Å². The molecule has 2 aromatic rings. The summed E-state index contributed by atoms with van der Waals surface area (Å²) in [5.74, 6) is -0.125. The summed E-state index contributed by atoms with van der Waals surface area (Å²) in [6, 6.07) is 21.5. The minimum Gasteiger partial charge on any atom is -0.469 e. The highest BCUT2D eigenvalue weighted by Crippen LogP contribution is 2.20. The topological polar surface area (TPSA) is 29.5 Å². The van der Waals surface area contributed by atoms with Crippen molar-refractivity contribution in [1.29, 1.82) is 0 Å². The lowest BCUT2D eigenvalue weighted by atomic mass is 10.0. The number of hydrogen-bond acceptors (Lipinski definition) is 3. The number of hydrogen-bond donors (Lipinski definition) is 0. The molecule has 1 atom stereocenters. The molecule has 0 aliphatic carbocycles. The molecule has 0 saturated heterocycles. The first-order valence-electron chi connectivity index (χ1n) is 9.11. The van der Waals surface area contributed by atoms with Gasteiger partial charge in [0.1, 0.15) is 0 Å². The zero-order valence-electron chi connectivity index (χ0n) is 15.4. The van der Waals surface area contributed by atoms with Crippen LogP contribution in [0.2, 0.25) is 0 Å². The molecule has 0 bridgehead atoms. The van der Waals surface area contributed by atoms with Crippen LogP contribution in [-0.2, 0) is 22.6 Å². The maximum atomic E-state index is 11.6. The Hall–Kier alpha value is -2.13. The number of ether oxygens (including phenoxy) is 1. The number of methoxy groups -OCH3 is 1. The number of esters is 1. The Morgan fingerprint density at radius 1 is 0.920 bits per heavy atom. The molecule has 0 aliphatic rings. The van der Waals surface area contributed by atoms with Gasteiger partial charge in [-0.3, -0.25) is 9.69 Å². The van der Waals surface area contributed by atoms with Gasteiger partial charge in [-0.05, 0) is 24.0 Å². The Kier molecular flexibility index (Phi) is 8.20. The van der Waals surface area contributed by atoms with Gasteiger partial charge in [0.15, 0.2) is 0 Å². The highest BCUT2D eigenvalue weighted by molar-refractivity contribution is 5.69. The maximum absolute atomic E-state index is 11.6. The van der Waals surface area contributed by atoms with Crippen molar-refractivity contribution < 1.29 is 9.53 Å². The summed E-state index contributed by atoms with van der Waals surface area (Å²) in [7, 11) is 1.46. The van der Waals surface area contributed by atoms with Gasteiger partial charge in [0.05, 0.1) is 7.11 Å². The van der Waals surface area contributed by atoms with Crippen molar-refractivity contribution in [3.05, 3.63) is 71.8 Å². The van der Waals surface area contributed by atoms with Crippen LogP contribution in [0.4, 0.5) is 0 Å². The summed E-state index contributed by atoms with van der Waals surface area (Å²) in [6.45, 7) is 3.98. The van der Waals surface area contributed by atoms with Crippen LogP contribution >= 0.6 is 0 Å². The van der Waals surface area contributed by atoms with Crippen LogP contribution in [0.3, 0.4) is 0 Å². The molecule has 2 rings (SSSR count). The van der Waals surface area contributed by atoms with Gasteiger partial charge >= 0.3 is 5.97 Å². The van der Waals surface area contributed by atoms with Gasteiger partial charge < -0.3 is 4.74 Å². The molecule has 25 heavy (non-hydrogen) atoms. The highest BCUT2D eigenvalue weighted by atomic mass is 16.5. The average Bonchev–Trinajstić information content (AvgIpc) is 2.66. The van der Waals surface area contributed by atoms with Gasteiger partial charge in [0.25, 0.3) is 0 Å². The van der Waals surface area contributed by atoms with E-state index >= 15 is 0 Å². The summed E-state index contributed by atoms with van der Waals surface area (Å²) in [6.07, 6.45) is 3.49. The largest absolute Gasteiger partial charge is 0.469 e. The van der Waals surface area contributed by atoms with Crippen molar-refractivity contribution in [2.24, 2.45) is 0 Å². The minimum absolute atomic E-state index is 0.125. The lowest BCUT2D eigenvalue weighted by Crippen LogP contribution is -2.35. The summed E-state index contributed by atoms with van der Waals surface area (Å²) < 4.78 is 4.84. The molecule has 0 aliphatic heterocycles. The quantitative estimate of drug-likeness (QED) is 0.582. The van der Waals surface area contributed by atoms with Crippen molar-refractivity contribution in [2.75, 3.05) is 7.11 Å². The van der Waals surface area contributed by atoms with E-state index in [4.69, 9.17) is 4.74 Å². The molecule has 0 saturated carbocycles. The van der Waals surface area contributed by atoms with Crippen molar-refractivity contribution in [2.45, 2.75) is 51.7 Å². The zero-order valence-corrected chi connectivity index (χ0v) is 15.4. The summed E-state index contributed by atoms with van der Waals surface area (Å²) >= 11 is 0. The van der Waals surface area contributed by atoms with E-state index < -0.39 is 0 Å². The Balaban J connectivity index is 2.15. The smallest absolute Gasteiger partial charge is 0.305 e. The molecule has 3 nitrogen and oxygen atoms in total. The highest BCUT2D eigenvalue weighted by Gasteiger charge is 2.20. The van der Waals surface area contributed by atoms with Crippen molar-refractivity contribution in [3.63, 3.8) is 0 Å². The molecule has 0 fully saturated rings. The number of carbonyl (C=O) groups is 1. The molecule has 0 radical (unpaired) electrons. The van der Waals surface area contributed by atoms with Crippen LogP contribution < -0.4 is 0 Å². The maximum Gasteiger partial charge on any atom is 0.305 e. The third kappa shape index (κ3) is 6.71. The summed E-state index contributed by atoms with van der Waals surface area (Å²) in [4.78, 5) is 14.1. The lowest BCUT2D eigenvalue weighted by molar-refractivity contribution is -0.141. The molecule has 3 heteroatoms. The first kappa shape index (κ1) is 19.2. The third-order valence-corrected chi connectivity index (χ3v) is 4.50. The SMILES string of the molecule is CCCC(CCC(=O)OC)N(Cc1ccccc1)Cc1ccccc1. The molecular weight excluding hydrogens is 310 g/mol. The first-order chi connectivity index (χ1) is 12.2. The van der Waals surface area contributed by atoms with Gasteiger partial charge in [-0.2, -0.15) is 0 Å². The lowest BCUT2D eigenvalue weighted by Gasteiger charge is -2.32. The van der Waals surface area contributed by atoms with E-state index in [2.05, 4.69) is 60.4 Å². The Morgan fingerprint density at radius 2 is 1.44 bits per heavy atom. The van der Waals surface area contributed by atoms with Gasteiger partial charge in [0.2, 0.25) is 0 Å². The van der Waals surface area contributed by atoms with E-state index in [9.17, 15) is 4.79 Å². The second-order valence-electron chi connectivity index (χ2n) is 6.43. The predicted molar refractivity (Wildman–Crippen MR) is 102 cm³/mol. The van der Waals surface area contributed by atoms with Crippen LogP contribution in [0.25, 0.3) is 0 Å². The van der Waals surface area contributed by atoms with Gasteiger partial charge in [-0.1, -0.05) is 74.0 Å². The summed E-state index contributed by atoms with van der Waals surface area (Å²) in [5, 5.41) is 0. The van der Waals surface area contributed by atoms with Crippen LogP contribution in [0, 0.1) is 0 Å². The van der Waals surface area contributed by atoms with Crippen LogP contribution in [0.1, 0.15) is 43.7 Å². The predicted octanol–water partition coefficient (Wildman–Crippen LogP) is 4.81.